The highest BCUT2D eigenvalue weighted by molar-refractivity contribution is 9.10. The summed E-state index contributed by atoms with van der Waals surface area (Å²) < 4.78 is 6.96. The van der Waals surface area contributed by atoms with Gasteiger partial charge in [0.25, 0.3) is 0 Å². The minimum Gasteiger partial charge on any atom is -0.489 e. The van der Waals surface area contributed by atoms with E-state index in [0.717, 1.165) is 22.2 Å². The summed E-state index contributed by atoms with van der Waals surface area (Å²) in [6.07, 6.45) is 2.90. The fourth-order valence-electron chi connectivity index (χ4n) is 1.80. The Kier molecular flexibility index (Phi) is 5.89. The van der Waals surface area contributed by atoms with E-state index in [9.17, 15) is 0 Å². The molecule has 0 amide bonds. The van der Waals surface area contributed by atoms with Gasteiger partial charge in [-0.3, -0.25) is 0 Å². The van der Waals surface area contributed by atoms with Crippen molar-refractivity contribution in [3.8, 4) is 5.75 Å². The van der Waals surface area contributed by atoms with Crippen LogP contribution >= 0.6 is 15.9 Å². The molecule has 1 aromatic rings. The smallest absolute Gasteiger partial charge is 0.126 e. The van der Waals surface area contributed by atoms with Gasteiger partial charge in [0.05, 0.1) is 0 Å². The molecule has 0 saturated carbocycles. The highest BCUT2D eigenvalue weighted by atomic mass is 79.9. The Morgan fingerprint density at radius 1 is 1.44 bits per heavy atom. The molecule has 1 atom stereocenters. The van der Waals surface area contributed by atoms with Crippen LogP contribution in [0, 0.1) is 6.92 Å². The van der Waals surface area contributed by atoms with Gasteiger partial charge in [-0.05, 0) is 63.5 Å². The molecule has 0 fully saturated rings. The van der Waals surface area contributed by atoms with Gasteiger partial charge in [-0.25, -0.2) is 0 Å². The SMILES string of the molecule is CC(C)=CCOc1c(C)cc(Br)cc1CC(C)N. The molecule has 1 rings (SSSR count). The van der Waals surface area contributed by atoms with Gasteiger partial charge in [0.15, 0.2) is 0 Å². The number of allylic oxidation sites excluding steroid dienone is 1. The van der Waals surface area contributed by atoms with Crippen molar-refractivity contribution < 1.29 is 4.74 Å². The Hall–Kier alpha value is -0.800. The molecule has 0 bridgehead atoms. The zero-order valence-corrected chi connectivity index (χ0v) is 13.2. The number of halogens is 1. The van der Waals surface area contributed by atoms with E-state index in [-0.39, 0.29) is 6.04 Å². The van der Waals surface area contributed by atoms with Gasteiger partial charge in [-0.1, -0.05) is 21.5 Å². The molecule has 3 heteroatoms. The Labute approximate surface area is 118 Å². The monoisotopic (exact) mass is 311 g/mol. The summed E-state index contributed by atoms with van der Waals surface area (Å²) in [6.45, 7) is 8.82. The van der Waals surface area contributed by atoms with Gasteiger partial charge in [0.1, 0.15) is 12.4 Å². The van der Waals surface area contributed by atoms with Crippen molar-refractivity contribution in [1.82, 2.24) is 0 Å². The molecular weight excluding hydrogens is 290 g/mol. The van der Waals surface area contributed by atoms with Crippen molar-refractivity contribution in [3.63, 3.8) is 0 Å². The highest BCUT2D eigenvalue weighted by Gasteiger charge is 2.10. The Morgan fingerprint density at radius 3 is 2.67 bits per heavy atom. The number of hydrogen-bond donors (Lipinski definition) is 1. The Bertz CT molecular complexity index is 434. The molecule has 100 valence electrons. The number of benzene rings is 1. The average molecular weight is 312 g/mol. The molecule has 0 radical (unpaired) electrons. The molecule has 0 aromatic heterocycles. The molecule has 0 aliphatic carbocycles. The second-order valence-electron chi connectivity index (χ2n) is 4.98. The van der Waals surface area contributed by atoms with E-state index in [1.54, 1.807) is 0 Å². The number of ether oxygens (including phenoxy) is 1. The van der Waals surface area contributed by atoms with Crippen LogP contribution in [0.15, 0.2) is 28.3 Å². The van der Waals surface area contributed by atoms with Gasteiger partial charge in [0, 0.05) is 10.5 Å². The van der Waals surface area contributed by atoms with E-state index in [0.29, 0.717) is 6.61 Å². The standard InChI is InChI=1S/C15H22BrNO/c1-10(2)5-6-18-15-11(3)7-14(16)9-13(15)8-12(4)17/h5,7,9,12H,6,8,17H2,1-4H3. The topological polar surface area (TPSA) is 35.2 Å². The number of rotatable bonds is 5. The first-order valence-electron chi connectivity index (χ1n) is 6.21. The van der Waals surface area contributed by atoms with E-state index in [2.05, 4.69) is 54.9 Å². The van der Waals surface area contributed by atoms with E-state index >= 15 is 0 Å². The maximum absolute atomic E-state index is 5.89. The van der Waals surface area contributed by atoms with E-state index in [4.69, 9.17) is 10.5 Å². The van der Waals surface area contributed by atoms with Gasteiger partial charge < -0.3 is 10.5 Å². The molecule has 0 aliphatic heterocycles. The molecule has 0 heterocycles. The first-order valence-corrected chi connectivity index (χ1v) is 7.00. The highest BCUT2D eigenvalue weighted by Crippen LogP contribution is 2.29. The summed E-state index contributed by atoms with van der Waals surface area (Å²) in [5, 5.41) is 0. The number of nitrogens with two attached hydrogens (primary N) is 1. The molecule has 18 heavy (non-hydrogen) atoms. The van der Waals surface area contributed by atoms with Gasteiger partial charge in [-0.2, -0.15) is 0 Å². The van der Waals surface area contributed by atoms with Crippen LogP contribution in [0.2, 0.25) is 0 Å². The van der Waals surface area contributed by atoms with Gasteiger partial charge in [-0.15, -0.1) is 0 Å². The minimum atomic E-state index is 0.129. The lowest BCUT2D eigenvalue weighted by atomic mass is 10.0. The third kappa shape index (κ3) is 4.83. The predicted molar refractivity (Wildman–Crippen MR) is 81.2 cm³/mol. The third-order valence-electron chi connectivity index (χ3n) is 2.58. The lowest BCUT2D eigenvalue weighted by Gasteiger charge is -2.15. The number of aryl methyl sites for hydroxylation is 1. The molecule has 0 saturated heterocycles. The summed E-state index contributed by atoms with van der Waals surface area (Å²) >= 11 is 3.52. The van der Waals surface area contributed by atoms with Crippen molar-refractivity contribution in [2.75, 3.05) is 6.61 Å². The van der Waals surface area contributed by atoms with Crippen LogP contribution in [0.5, 0.6) is 5.75 Å². The molecule has 0 spiro atoms. The third-order valence-corrected chi connectivity index (χ3v) is 3.04. The lowest BCUT2D eigenvalue weighted by molar-refractivity contribution is 0.354. The van der Waals surface area contributed by atoms with Crippen molar-refractivity contribution in [2.45, 2.75) is 40.2 Å². The van der Waals surface area contributed by atoms with Crippen LogP contribution < -0.4 is 10.5 Å². The zero-order chi connectivity index (χ0) is 13.7. The van der Waals surface area contributed by atoms with Crippen LogP contribution in [0.1, 0.15) is 31.9 Å². The predicted octanol–water partition coefficient (Wildman–Crippen LogP) is 3.99. The van der Waals surface area contributed by atoms with E-state index in [1.165, 1.54) is 11.1 Å². The normalized spacial score (nSPS) is 12.1. The second-order valence-corrected chi connectivity index (χ2v) is 5.90. The maximum Gasteiger partial charge on any atom is 0.126 e. The fraction of sp³-hybridized carbons (Fsp3) is 0.467. The summed E-state index contributed by atoms with van der Waals surface area (Å²) in [7, 11) is 0. The fourth-order valence-corrected chi connectivity index (χ4v) is 2.42. The van der Waals surface area contributed by atoms with Crippen molar-refractivity contribution >= 4 is 15.9 Å². The van der Waals surface area contributed by atoms with Gasteiger partial charge in [0.2, 0.25) is 0 Å². The van der Waals surface area contributed by atoms with Crippen molar-refractivity contribution in [1.29, 1.82) is 0 Å². The summed E-state index contributed by atoms with van der Waals surface area (Å²) in [6, 6.07) is 4.29. The first-order chi connectivity index (χ1) is 8.40. The Morgan fingerprint density at radius 2 is 2.11 bits per heavy atom. The molecule has 2 N–H and O–H groups in total. The second kappa shape index (κ2) is 6.95. The molecule has 0 aliphatic rings. The molecule has 1 unspecified atom stereocenters. The van der Waals surface area contributed by atoms with Gasteiger partial charge >= 0.3 is 0 Å². The quantitative estimate of drug-likeness (QED) is 0.834. The maximum atomic E-state index is 5.89. The van der Waals surface area contributed by atoms with Crippen LogP contribution in [0.4, 0.5) is 0 Å². The average Bonchev–Trinajstić information content (AvgIpc) is 2.20. The summed E-state index contributed by atoms with van der Waals surface area (Å²) in [5.41, 5.74) is 9.46. The Balaban J connectivity index is 2.96. The van der Waals surface area contributed by atoms with Crippen LogP contribution in [0.3, 0.4) is 0 Å². The number of hydrogen-bond acceptors (Lipinski definition) is 2. The van der Waals surface area contributed by atoms with Crippen LogP contribution in [-0.4, -0.2) is 12.6 Å². The zero-order valence-electron chi connectivity index (χ0n) is 11.6. The van der Waals surface area contributed by atoms with Crippen LogP contribution in [-0.2, 0) is 6.42 Å². The van der Waals surface area contributed by atoms with Crippen molar-refractivity contribution in [3.05, 3.63) is 39.4 Å². The lowest BCUT2D eigenvalue weighted by Crippen LogP contribution is -2.18. The van der Waals surface area contributed by atoms with E-state index in [1.807, 2.05) is 6.92 Å². The summed E-state index contributed by atoms with van der Waals surface area (Å²) in [5.74, 6) is 0.966. The molecule has 1 aromatic carbocycles. The summed E-state index contributed by atoms with van der Waals surface area (Å²) in [4.78, 5) is 0. The van der Waals surface area contributed by atoms with E-state index < -0.39 is 0 Å². The minimum absolute atomic E-state index is 0.129. The first kappa shape index (κ1) is 15.3. The molecular formula is C15H22BrNO. The molecule has 2 nitrogen and oxygen atoms in total. The van der Waals surface area contributed by atoms with Crippen molar-refractivity contribution in [2.24, 2.45) is 5.73 Å². The largest absolute Gasteiger partial charge is 0.489 e. The van der Waals surface area contributed by atoms with Crippen LogP contribution in [0.25, 0.3) is 0 Å².